The Labute approximate surface area is 315 Å². The highest BCUT2D eigenvalue weighted by Crippen LogP contribution is 2.21. The summed E-state index contributed by atoms with van der Waals surface area (Å²) >= 11 is 0. The van der Waals surface area contributed by atoms with Crippen LogP contribution in [0.2, 0.25) is 0 Å². The number of carboxylic acids is 2. The van der Waals surface area contributed by atoms with Gasteiger partial charge in [-0.25, -0.2) is 4.79 Å². The minimum atomic E-state index is -1.56. The molecule has 7 amide bonds. The normalized spacial score (nSPS) is 18.1. The summed E-state index contributed by atoms with van der Waals surface area (Å²) in [5.74, 6) is -10.0. The van der Waals surface area contributed by atoms with Crippen molar-refractivity contribution in [2.24, 2.45) is 35.1 Å². The van der Waals surface area contributed by atoms with E-state index in [-0.39, 0.29) is 18.9 Å². The number of primary amides is 1. The molecule has 0 saturated carbocycles. The molecule has 0 aromatic carbocycles. The van der Waals surface area contributed by atoms with Gasteiger partial charge >= 0.3 is 11.9 Å². The molecule has 8 unspecified atom stereocenters. The van der Waals surface area contributed by atoms with E-state index < -0.39 is 126 Å². The van der Waals surface area contributed by atoms with Crippen LogP contribution in [-0.2, 0) is 43.2 Å². The number of hydrogen-bond donors (Lipinski definition) is 9. The minimum absolute atomic E-state index is 0.0560. The molecular weight excluding hydrogens is 708 g/mol. The lowest BCUT2D eigenvalue weighted by Gasteiger charge is -2.31. The monoisotopic (exact) mass is 768 g/mol. The van der Waals surface area contributed by atoms with Crippen LogP contribution in [0.1, 0.15) is 93.9 Å². The van der Waals surface area contributed by atoms with Gasteiger partial charge in [0.2, 0.25) is 41.4 Å². The summed E-state index contributed by atoms with van der Waals surface area (Å²) in [6.45, 7) is 13.6. The van der Waals surface area contributed by atoms with E-state index >= 15 is 0 Å². The fourth-order valence-electron chi connectivity index (χ4n) is 5.94. The van der Waals surface area contributed by atoms with Gasteiger partial charge in [-0.15, -0.1) is 0 Å². The number of carbonyl (C=O) groups excluding carboxylic acids is 7. The van der Waals surface area contributed by atoms with Gasteiger partial charge in [0, 0.05) is 6.54 Å². The molecular formula is C35H60N8O11. The van der Waals surface area contributed by atoms with Crippen LogP contribution in [0.5, 0.6) is 0 Å². The molecule has 0 bridgehead atoms. The summed E-state index contributed by atoms with van der Waals surface area (Å²) in [7, 11) is 0. The zero-order valence-corrected chi connectivity index (χ0v) is 32.5. The van der Waals surface area contributed by atoms with Gasteiger partial charge < -0.3 is 53.2 Å². The van der Waals surface area contributed by atoms with E-state index in [1.165, 1.54) is 0 Å². The number of amides is 7. The number of nitrogens with two attached hydrogens (primary N) is 2. The maximum Gasteiger partial charge on any atom is 0.326 e. The standard InChI is InChI=1S/C35H60N8O11/c1-9-19(8)28(35(53)54)42-30(48)21(14-24(37)44)38-32(50)26(17(4)5)41-33(51)27(18(6)7)40-31(49)23-11-10-12-43(23)34(52)22(15-25(45)46)39-29(47)20(36)13-16(2)3/h16-23,26-28H,9-15,36H2,1-8H3,(H2,37,44)(H,38,50)(H,39,47)(H,40,49)(H,41,51)(H,42,48)(H,45,46)(H,53,54). The van der Waals surface area contributed by atoms with Crippen molar-refractivity contribution >= 4 is 53.3 Å². The molecule has 54 heavy (non-hydrogen) atoms. The highest BCUT2D eigenvalue weighted by Gasteiger charge is 2.41. The van der Waals surface area contributed by atoms with Crippen molar-refractivity contribution < 1.29 is 53.4 Å². The van der Waals surface area contributed by atoms with E-state index in [2.05, 4.69) is 26.6 Å². The molecule has 0 radical (unpaired) electrons. The van der Waals surface area contributed by atoms with E-state index in [1.807, 2.05) is 13.8 Å². The zero-order valence-electron chi connectivity index (χ0n) is 32.5. The molecule has 1 rings (SSSR count). The first-order chi connectivity index (χ1) is 25.0. The van der Waals surface area contributed by atoms with Crippen molar-refractivity contribution in [1.82, 2.24) is 31.5 Å². The molecule has 0 aromatic rings. The largest absolute Gasteiger partial charge is 0.481 e. The zero-order chi connectivity index (χ0) is 41.6. The fraction of sp³-hybridized carbons (Fsp3) is 0.743. The Bertz CT molecular complexity index is 1390. The van der Waals surface area contributed by atoms with E-state index in [4.69, 9.17) is 11.5 Å². The second kappa shape index (κ2) is 21.8. The Morgan fingerprint density at radius 1 is 0.704 bits per heavy atom. The lowest BCUT2D eigenvalue weighted by molar-refractivity contribution is -0.146. The number of rotatable bonds is 22. The first kappa shape index (κ1) is 47.2. The first-order valence-corrected chi connectivity index (χ1v) is 18.3. The summed E-state index contributed by atoms with van der Waals surface area (Å²) in [6.07, 6.45) is -0.146. The van der Waals surface area contributed by atoms with Crippen molar-refractivity contribution in [1.29, 1.82) is 0 Å². The maximum absolute atomic E-state index is 13.7. The van der Waals surface area contributed by atoms with Crippen LogP contribution in [-0.4, -0.2) is 117 Å². The van der Waals surface area contributed by atoms with E-state index in [0.717, 1.165) is 4.90 Å². The van der Waals surface area contributed by atoms with Crippen LogP contribution in [0.3, 0.4) is 0 Å². The van der Waals surface area contributed by atoms with Crippen molar-refractivity contribution in [3.63, 3.8) is 0 Å². The topological polar surface area (TPSA) is 310 Å². The lowest BCUT2D eigenvalue weighted by atomic mass is 9.98. The number of carbonyl (C=O) groups is 9. The van der Waals surface area contributed by atoms with Gasteiger partial charge in [-0.05, 0) is 42.9 Å². The molecule has 11 N–H and O–H groups in total. The van der Waals surface area contributed by atoms with Gasteiger partial charge in [-0.2, -0.15) is 0 Å². The number of carboxylic acid groups (broad SMARTS) is 2. The Morgan fingerprint density at radius 2 is 1.22 bits per heavy atom. The predicted octanol–water partition coefficient (Wildman–Crippen LogP) is -1.43. The second-order valence-corrected chi connectivity index (χ2v) is 15.0. The van der Waals surface area contributed by atoms with Gasteiger partial charge in [0.1, 0.15) is 36.3 Å². The molecule has 19 heteroatoms. The molecule has 1 aliphatic rings. The Balaban J connectivity index is 3.20. The Kier molecular flexibility index (Phi) is 19.0. The van der Waals surface area contributed by atoms with E-state index in [9.17, 15) is 53.4 Å². The summed E-state index contributed by atoms with van der Waals surface area (Å²) in [5, 5.41) is 31.4. The summed E-state index contributed by atoms with van der Waals surface area (Å²) in [6, 6.07) is -9.00. The molecule has 8 atom stereocenters. The fourth-order valence-corrected chi connectivity index (χ4v) is 5.94. The Morgan fingerprint density at radius 3 is 1.70 bits per heavy atom. The average Bonchev–Trinajstić information content (AvgIpc) is 3.55. The van der Waals surface area contributed by atoms with Crippen LogP contribution in [0.4, 0.5) is 0 Å². The van der Waals surface area contributed by atoms with Gasteiger partial charge in [-0.3, -0.25) is 38.4 Å². The van der Waals surface area contributed by atoms with Gasteiger partial charge in [0.25, 0.3) is 0 Å². The van der Waals surface area contributed by atoms with Crippen molar-refractivity contribution in [3.05, 3.63) is 0 Å². The number of nitrogens with zero attached hydrogens (tertiary/aromatic N) is 1. The third kappa shape index (κ3) is 14.5. The summed E-state index contributed by atoms with van der Waals surface area (Å²) in [5.41, 5.74) is 11.3. The number of aliphatic carboxylic acids is 2. The summed E-state index contributed by atoms with van der Waals surface area (Å²) < 4.78 is 0. The average molecular weight is 769 g/mol. The molecule has 0 aliphatic carbocycles. The SMILES string of the molecule is CCC(C)C(NC(=O)C(CC(N)=O)NC(=O)C(NC(=O)C(NC(=O)C1CCCN1C(=O)C(CC(=O)O)NC(=O)C(N)CC(C)C)C(C)C)C(C)C)C(=O)O. The number of nitrogens with one attached hydrogen (secondary N) is 5. The van der Waals surface area contributed by atoms with Gasteiger partial charge in [-0.1, -0.05) is 61.8 Å². The molecule has 1 aliphatic heterocycles. The molecule has 1 heterocycles. The Hall–Kier alpha value is -4.81. The lowest BCUT2D eigenvalue weighted by Crippen LogP contribution is -2.61. The number of likely N-dealkylation sites (tertiary alicyclic amines) is 1. The van der Waals surface area contributed by atoms with Gasteiger partial charge in [0.15, 0.2) is 0 Å². The van der Waals surface area contributed by atoms with Crippen LogP contribution >= 0.6 is 0 Å². The second-order valence-electron chi connectivity index (χ2n) is 15.0. The summed E-state index contributed by atoms with van der Waals surface area (Å²) in [4.78, 5) is 117. The van der Waals surface area contributed by atoms with Crippen molar-refractivity contribution in [2.75, 3.05) is 6.54 Å². The molecule has 0 aromatic heterocycles. The van der Waals surface area contributed by atoms with Crippen molar-refractivity contribution in [2.45, 2.75) is 136 Å². The van der Waals surface area contributed by atoms with Crippen LogP contribution in [0.15, 0.2) is 0 Å². The molecule has 0 spiro atoms. The third-order valence-corrected chi connectivity index (χ3v) is 9.20. The molecule has 306 valence electrons. The van der Waals surface area contributed by atoms with Crippen molar-refractivity contribution in [3.8, 4) is 0 Å². The van der Waals surface area contributed by atoms with Crippen LogP contribution in [0.25, 0.3) is 0 Å². The number of hydrogen-bond acceptors (Lipinski definition) is 10. The predicted molar refractivity (Wildman–Crippen MR) is 195 cm³/mol. The highest BCUT2D eigenvalue weighted by atomic mass is 16.4. The molecule has 19 nitrogen and oxygen atoms in total. The van der Waals surface area contributed by atoms with E-state index in [0.29, 0.717) is 19.3 Å². The van der Waals surface area contributed by atoms with Gasteiger partial charge in [0.05, 0.1) is 18.9 Å². The molecule has 1 fully saturated rings. The smallest absolute Gasteiger partial charge is 0.326 e. The van der Waals surface area contributed by atoms with Crippen LogP contribution < -0.4 is 38.1 Å². The first-order valence-electron chi connectivity index (χ1n) is 18.3. The van der Waals surface area contributed by atoms with Crippen LogP contribution in [0, 0.1) is 23.7 Å². The highest BCUT2D eigenvalue weighted by molar-refractivity contribution is 5.98. The quantitative estimate of drug-likeness (QED) is 0.0612. The minimum Gasteiger partial charge on any atom is -0.481 e. The maximum atomic E-state index is 13.7. The molecule has 1 saturated heterocycles. The van der Waals surface area contributed by atoms with E-state index in [1.54, 1.807) is 41.5 Å². The third-order valence-electron chi connectivity index (χ3n) is 9.20.